The molecule has 0 aromatic carbocycles. The molecular weight excluding hydrogens is 190 g/mol. The maximum atomic E-state index is 12.5. The molecule has 14 heavy (non-hydrogen) atoms. The predicted octanol–water partition coefficient (Wildman–Crippen LogP) is 0.898. The Hall–Kier alpha value is -0.710. The van der Waals surface area contributed by atoms with Crippen LogP contribution in [0.3, 0.4) is 0 Å². The van der Waals surface area contributed by atoms with Crippen molar-refractivity contribution in [2.45, 2.75) is 44.7 Å². The molecule has 0 bridgehead atoms. The second kappa shape index (κ2) is 4.21. The van der Waals surface area contributed by atoms with Gasteiger partial charge in [0.2, 0.25) is 5.91 Å². The monoisotopic (exact) mass is 206 g/mol. The number of hydrogen-bond donors (Lipinski definition) is 2. The van der Waals surface area contributed by atoms with Gasteiger partial charge in [-0.05, 0) is 26.8 Å². The molecular formula is C9H16F2N2O. The number of rotatable bonds is 3. The second-order valence-electron chi connectivity index (χ2n) is 3.95. The highest BCUT2D eigenvalue weighted by Gasteiger charge is 2.29. The Labute approximate surface area is 82.2 Å². The number of nitrogens with one attached hydrogen (secondary N) is 2. The molecule has 1 heterocycles. The molecule has 1 aliphatic rings. The number of carbonyl (C=O) groups is 1. The normalized spacial score (nSPS) is 27.7. The fraction of sp³-hybridized carbons (Fsp3) is 0.889. The van der Waals surface area contributed by atoms with Gasteiger partial charge in [0.05, 0.1) is 6.42 Å². The topological polar surface area (TPSA) is 41.1 Å². The van der Waals surface area contributed by atoms with Crippen LogP contribution in [0.25, 0.3) is 0 Å². The Balaban J connectivity index is 2.33. The summed E-state index contributed by atoms with van der Waals surface area (Å²) in [5.41, 5.74) is 0. The van der Waals surface area contributed by atoms with E-state index in [9.17, 15) is 13.6 Å². The van der Waals surface area contributed by atoms with Gasteiger partial charge < -0.3 is 10.6 Å². The summed E-state index contributed by atoms with van der Waals surface area (Å²) in [5.74, 6) is -3.49. The third kappa shape index (κ3) is 3.57. The van der Waals surface area contributed by atoms with Gasteiger partial charge in [0.25, 0.3) is 5.92 Å². The number of amides is 1. The highest BCUT2D eigenvalue weighted by molar-refractivity contribution is 5.77. The molecule has 0 aromatic heterocycles. The van der Waals surface area contributed by atoms with E-state index >= 15 is 0 Å². The predicted molar refractivity (Wildman–Crippen MR) is 49.3 cm³/mol. The van der Waals surface area contributed by atoms with E-state index in [1.54, 1.807) is 0 Å². The fourth-order valence-electron chi connectivity index (χ4n) is 1.60. The molecule has 2 N–H and O–H groups in total. The molecule has 0 aromatic rings. The molecule has 1 fully saturated rings. The van der Waals surface area contributed by atoms with Crippen LogP contribution in [0.15, 0.2) is 0 Å². The van der Waals surface area contributed by atoms with Crippen molar-refractivity contribution in [3.05, 3.63) is 0 Å². The molecule has 5 heteroatoms. The van der Waals surface area contributed by atoms with Crippen LogP contribution in [0.2, 0.25) is 0 Å². The van der Waals surface area contributed by atoms with Crippen molar-refractivity contribution >= 4 is 5.91 Å². The highest BCUT2D eigenvalue weighted by atomic mass is 19.3. The molecule has 0 spiro atoms. The first-order valence-electron chi connectivity index (χ1n) is 4.79. The summed E-state index contributed by atoms with van der Waals surface area (Å²) in [6.07, 6.45) is 0.0818. The summed E-state index contributed by atoms with van der Waals surface area (Å²) in [6.45, 7) is 3.51. The third-order valence-corrected chi connectivity index (χ3v) is 2.34. The minimum atomic E-state index is -2.92. The van der Waals surface area contributed by atoms with Crippen molar-refractivity contribution in [3.63, 3.8) is 0 Å². The van der Waals surface area contributed by atoms with Gasteiger partial charge in [-0.15, -0.1) is 0 Å². The third-order valence-electron chi connectivity index (χ3n) is 2.34. The Morgan fingerprint density at radius 3 is 2.71 bits per heavy atom. The zero-order valence-electron chi connectivity index (χ0n) is 8.44. The summed E-state index contributed by atoms with van der Waals surface area (Å²) >= 11 is 0. The number of hydrogen-bond acceptors (Lipinski definition) is 2. The minimum absolute atomic E-state index is 0.00940. The van der Waals surface area contributed by atoms with Gasteiger partial charge in [0, 0.05) is 12.1 Å². The lowest BCUT2D eigenvalue weighted by Gasteiger charge is -2.18. The zero-order valence-corrected chi connectivity index (χ0v) is 8.44. The van der Waals surface area contributed by atoms with Gasteiger partial charge in [-0.25, -0.2) is 8.78 Å². The molecule has 2 unspecified atom stereocenters. The Morgan fingerprint density at radius 2 is 2.29 bits per heavy atom. The van der Waals surface area contributed by atoms with Gasteiger partial charge >= 0.3 is 0 Å². The molecule has 82 valence electrons. The van der Waals surface area contributed by atoms with Crippen LogP contribution >= 0.6 is 0 Å². The van der Waals surface area contributed by atoms with E-state index in [0.29, 0.717) is 0 Å². The molecule has 1 rings (SSSR count). The van der Waals surface area contributed by atoms with E-state index in [4.69, 9.17) is 0 Å². The number of carbonyl (C=O) groups excluding carboxylic acids is 1. The van der Waals surface area contributed by atoms with Gasteiger partial charge in [-0.2, -0.15) is 0 Å². The maximum absolute atomic E-state index is 12.5. The molecule has 0 saturated carbocycles. The number of halogens is 2. The van der Waals surface area contributed by atoms with Crippen LogP contribution in [0.4, 0.5) is 8.78 Å². The molecule has 1 aliphatic heterocycles. The minimum Gasteiger partial charge on any atom is -0.352 e. The van der Waals surface area contributed by atoms with Crippen molar-refractivity contribution in [1.29, 1.82) is 0 Å². The van der Waals surface area contributed by atoms with Crippen LogP contribution in [0.1, 0.15) is 26.7 Å². The van der Waals surface area contributed by atoms with E-state index in [1.165, 1.54) is 0 Å². The molecule has 1 amide bonds. The summed E-state index contributed by atoms with van der Waals surface area (Å²) in [7, 11) is 0. The first kappa shape index (κ1) is 11.4. The molecule has 0 radical (unpaired) electrons. The smallest absolute Gasteiger partial charge is 0.254 e. The standard InChI is InChI=1S/C9H16F2N2O/c1-6-7(3-4-12-6)13-8(14)5-9(2,10)11/h6-7,12H,3-5H2,1-2H3,(H,13,14). The maximum Gasteiger partial charge on any atom is 0.254 e. The van der Waals surface area contributed by atoms with E-state index in [2.05, 4.69) is 10.6 Å². The quantitative estimate of drug-likeness (QED) is 0.720. The lowest BCUT2D eigenvalue weighted by atomic mass is 10.1. The molecule has 1 saturated heterocycles. The van der Waals surface area contributed by atoms with Gasteiger partial charge in [0.1, 0.15) is 0 Å². The lowest BCUT2D eigenvalue weighted by Crippen LogP contribution is -2.43. The van der Waals surface area contributed by atoms with Crippen molar-refractivity contribution < 1.29 is 13.6 Å². The SMILES string of the molecule is CC1NCCC1NC(=O)CC(C)(F)F. The summed E-state index contributed by atoms with van der Waals surface area (Å²) in [6, 6.07) is 0.161. The summed E-state index contributed by atoms with van der Waals surface area (Å²) < 4.78 is 24.9. The summed E-state index contributed by atoms with van der Waals surface area (Å²) in [4.78, 5) is 11.1. The zero-order chi connectivity index (χ0) is 10.8. The van der Waals surface area contributed by atoms with Crippen molar-refractivity contribution in [1.82, 2.24) is 10.6 Å². The van der Waals surface area contributed by atoms with E-state index in [0.717, 1.165) is 19.9 Å². The van der Waals surface area contributed by atoms with Gasteiger partial charge in [-0.3, -0.25) is 4.79 Å². The van der Waals surface area contributed by atoms with Crippen LogP contribution in [0, 0.1) is 0 Å². The average molecular weight is 206 g/mol. The second-order valence-corrected chi connectivity index (χ2v) is 3.95. The van der Waals surface area contributed by atoms with Gasteiger partial charge in [-0.1, -0.05) is 0 Å². The largest absolute Gasteiger partial charge is 0.352 e. The fourth-order valence-corrected chi connectivity index (χ4v) is 1.60. The molecule has 0 aliphatic carbocycles. The Kier molecular flexibility index (Phi) is 3.42. The van der Waals surface area contributed by atoms with E-state index < -0.39 is 18.3 Å². The molecule has 3 nitrogen and oxygen atoms in total. The first-order valence-corrected chi connectivity index (χ1v) is 4.79. The van der Waals surface area contributed by atoms with Crippen LogP contribution in [-0.2, 0) is 4.79 Å². The van der Waals surface area contributed by atoms with Crippen LogP contribution < -0.4 is 10.6 Å². The lowest BCUT2D eigenvalue weighted by molar-refractivity contribution is -0.128. The van der Waals surface area contributed by atoms with Crippen LogP contribution in [-0.4, -0.2) is 30.5 Å². The Bertz CT molecular complexity index is 215. The average Bonchev–Trinajstić information content (AvgIpc) is 2.32. The molecule has 2 atom stereocenters. The highest BCUT2D eigenvalue weighted by Crippen LogP contribution is 2.16. The summed E-state index contributed by atoms with van der Waals surface area (Å²) in [5, 5.41) is 5.74. The first-order chi connectivity index (χ1) is 6.38. The van der Waals surface area contributed by atoms with E-state index in [-0.39, 0.29) is 12.1 Å². The van der Waals surface area contributed by atoms with E-state index in [1.807, 2.05) is 6.92 Å². The van der Waals surface area contributed by atoms with Crippen molar-refractivity contribution in [3.8, 4) is 0 Å². The number of alkyl halides is 2. The van der Waals surface area contributed by atoms with Crippen molar-refractivity contribution in [2.75, 3.05) is 6.54 Å². The van der Waals surface area contributed by atoms with Crippen LogP contribution in [0.5, 0.6) is 0 Å². The Morgan fingerprint density at radius 1 is 1.64 bits per heavy atom. The van der Waals surface area contributed by atoms with Gasteiger partial charge in [0.15, 0.2) is 0 Å². The van der Waals surface area contributed by atoms with Crippen molar-refractivity contribution in [2.24, 2.45) is 0 Å².